The maximum Gasteiger partial charge on any atom is 0.246 e. The van der Waals surface area contributed by atoms with Gasteiger partial charge in [-0.15, -0.1) is 0 Å². The molecule has 1 rings (SSSR count). The summed E-state index contributed by atoms with van der Waals surface area (Å²) in [5.74, 6) is -0.0101. The van der Waals surface area contributed by atoms with E-state index in [1.807, 2.05) is 0 Å². The van der Waals surface area contributed by atoms with Gasteiger partial charge < -0.3 is 10.1 Å². The van der Waals surface area contributed by atoms with E-state index in [-0.39, 0.29) is 5.91 Å². The first kappa shape index (κ1) is 22.2. The molecule has 0 aromatic carbocycles. The van der Waals surface area contributed by atoms with Crippen LogP contribution in [0.1, 0.15) is 103 Å². The summed E-state index contributed by atoms with van der Waals surface area (Å²) in [5.41, 5.74) is 0.598. The largest absolute Gasteiger partial charge is 0.378 e. The third kappa shape index (κ3) is 13.1. The molecule has 3 heteroatoms. The summed E-state index contributed by atoms with van der Waals surface area (Å²) in [5, 5.41) is 2.89. The number of hydrogen-bond donors (Lipinski definition) is 1. The molecule has 0 heterocycles. The number of rotatable bonds is 15. The molecule has 1 aliphatic carbocycles. The van der Waals surface area contributed by atoms with Crippen LogP contribution in [0.2, 0.25) is 0 Å². The molecule has 0 saturated heterocycles. The Balaban J connectivity index is 1.71. The van der Waals surface area contributed by atoms with Gasteiger partial charge in [0.25, 0.3) is 0 Å². The first-order valence-corrected chi connectivity index (χ1v) is 10.8. The van der Waals surface area contributed by atoms with E-state index in [0.29, 0.717) is 11.7 Å². The van der Waals surface area contributed by atoms with Gasteiger partial charge in [-0.3, -0.25) is 4.79 Å². The minimum Gasteiger partial charge on any atom is -0.378 e. The van der Waals surface area contributed by atoms with Gasteiger partial charge in [-0.1, -0.05) is 77.2 Å². The summed E-state index contributed by atoms with van der Waals surface area (Å²) in [6, 6.07) is 0. The molecule has 0 atom stereocenters. The lowest BCUT2D eigenvalue weighted by Gasteiger charge is -2.21. The minimum atomic E-state index is -0.0101. The van der Waals surface area contributed by atoms with Crippen molar-refractivity contribution in [1.82, 2.24) is 5.32 Å². The maximum atomic E-state index is 11.3. The Morgan fingerprint density at radius 3 is 1.96 bits per heavy atom. The summed E-state index contributed by atoms with van der Waals surface area (Å²) < 4.78 is 5.97. The van der Waals surface area contributed by atoms with Crippen molar-refractivity contribution in [2.75, 3.05) is 13.2 Å². The lowest BCUT2D eigenvalue weighted by molar-refractivity contribution is -0.117. The van der Waals surface area contributed by atoms with Gasteiger partial charge in [0.1, 0.15) is 0 Å². The van der Waals surface area contributed by atoms with Gasteiger partial charge >= 0.3 is 0 Å². The highest BCUT2D eigenvalue weighted by Gasteiger charge is 2.12. The number of amides is 1. The van der Waals surface area contributed by atoms with Crippen molar-refractivity contribution < 1.29 is 9.53 Å². The highest BCUT2D eigenvalue weighted by Crippen LogP contribution is 2.20. The van der Waals surface area contributed by atoms with Gasteiger partial charge in [-0.2, -0.15) is 0 Å². The van der Waals surface area contributed by atoms with Crippen molar-refractivity contribution in [1.29, 1.82) is 0 Å². The Kier molecular flexibility index (Phi) is 13.7. The maximum absolute atomic E-state index is 11.3. The zero-order chi connectivity index (χ0) is 18.2. The Morgan fingerprint density at radius 1 is 0.880 bits per heavy atom. The highest BCUT2D eigenvalue weighted by molar-refractivity contribution is 5.91. The average molecular weight is 352 g/mol. The number of nitrogens with one attached hydrogen (secondary N) is 1. The van der Waals surface area contributed by atoms with E-state index in [4.69, 9.17) is 4.74 Å². The van der Waals surface area contributed by atoms with Crippen LogP contribution in [0.15, 0.2) is 12.2 Å². The van der Waals surface area contributed by atoms with Crippen molar-refractivity contribution in [3.8, 4) is 0 Å². The normalized spacial score (nSPS) is 15.2. The quantitative estimate of drug-likeness (QED) is 0.293. The predicted octanol–water partition coefficient (Wildman–Crippen LogP) is 5.93. The number of carbonyl (C=O) groups excluding carboxylic acids is 1. The number of ether oxygens (including phenoxy) is 1. The molecule has 1 N–H and O–H groups in total. The molecule has 0 radical (unpaired) electrons. The molecule has 1 amide bonds. The second-order valence-electron chi connectivity index (χ2n) is 7.70. The van der Waals surface area contributed by atoms with Gasteiger partial charge in [-0.05, 0) is 32.6 Å². The van der Waals surface area contributed by atoms with E-state index in [1.165, 1.54) is 89.9 Å². The number of carbonyl (C=O) groups is 1. The van der Waals surface area contributed by atoms with Crippen LogP contribution in [0, 0.1) is 0 Å². The summed E-state index contributed by atoms with van der Waals surface area (Å²) in [6.45, 7) is 7.15. The average Bonchev–Trinajstić information content (AvgIpc) is 2.62. The molecule has 146 valence electrons. The Labute approximate surface area is 156 Å². The molecule has 1 fully saturated rings. The SMILES string of the molecule is C=C(C)C(=O)NCCCCCCCCCCCCOC1CCCCC1. The number of hydrogen-bond acceptors (Lipinski definition) is 2. The van der Waals surface area contributed by atoms with Crippen molar-refractivity contribution in [3.63, 3.8) is 0 Å². The fraction of sp³-hybridized carbons (Fsp3) is 0.864. The van der Waals surface area contributed by atoms with Crippen LogP contribution in [0.5, 0.6) is 0 Å². The van der Waals surface area contributed by atoms with Crippen molar-refractivity contribution in [2.45, 2.75) is 109 Å². The van der Waals surface area contributed by atoms with Crippen LogP contribution in [-0.2, 0) is 9.53 Å². The topological polar surface area (TPSA) is 38.3 Å². The molecule has 0 spiro atoms. The molecule has 0 bridgehead atoms. The van der Waals surface area contributed by atoms with Crippen LogP contribution >= 0.6 is 0 Å². The Bertz CT molecular complexity index is 348. The standard InChI is InChI=1S/C22H41NO2/c1-20(2)22(24)23-18-14-9-7-5-3-4-6-8-10-15-19-25-21-16-12-11-13-17-21/h21H,1,3-19H2,2H3,(H,23,24). The fourth-order valence-electron chi connectivity index (χ4n) is 3.48. The lowest BCUT2D eigenvalue weighted by Crippen LogP contribution is -2.24. The van der Waals surface area contributed by atoms with Crippen LogP contribution in [-0.4, -0.2) is 25.2 Å². The van der Waals surface area contributed by atoms with Gasteiger partial charge in [0.2, 0.25) is 5.91 Å². The van der Waals surface area contributed by atoms with E-state index >= 15 is 0 Å². The smallest absolute Gasteiger partial charge is 0.246 e. The zero-order valence-corrected chi connectivity index (χ0v) is 16.6. The molecule has 25 heavy (non-hydrogen) atoms. The molecule has 0 aromatic heterocycles. The number of unbranched alkanes of at least 4 members (excludes halogenated alkanes) is 9. The lowest BCUT2D eigenvalue weighted by atomic mass is 9.98. The van der Waals surface area contributed by atoms with E-state index in [0.717, 1.165) is 19.6 Å². The van der Waals surface area contributed by atoms with E-state index in [1.54, 1.807) is 6.92 Å². The van der Waals surface area contributed by atoms with Gasteiger partial charge in [0.05, 0.1) is 6.10 Å². The van der Waals surface area contributed by atoms with E-state index in [2.05, 4.69) is 11.9 Å². The Hall–Kier alpha value is -0.830. The first-order chi connectivity index (χ1) is 12.2. The van der Waals surface area contributed by atoms with Crippen LogP contribution in [0.25, 0.3) is 0 Å². The predicted molar refractivity (Wildman–Crippen MR) is 107 cm³/mol. The van der Waals surface area contributed by atoms with E-state index < -0.39 is 0 Å². The summed E-state index contributed by atoms with van der Waals surface area (Å²) in [4.78, 5) is 11.3. The van der Waals surface area contributed by atoms with Gasteiger partial charge in [0.15, 0.2) is 0 Å². The molecular weight excluding hydrogens is 310 g/mol. The monoisotopic (exact) mass is 351 g/mol. The van der Waals surface area contributed by atoms with Crippen LogP contribution in [0.3, 0.4) is 0 Å². The third-order valence-corrected chi connectivity index (χ3v) is 5.15. The van der Waals surface area contributed by atoms with Crippen LogP contribution in [0.4, 0.5) is 0 Å². The molecule has 1 aliphatic rings. The summed E-state index contributed by atoms with van der Waals surface area (Å²) in [6.07, 6.45) is 20.3. The fourth-order valence-corrected chi connectivity index (χ4v) is 3.48. The van der Waals surface area contributed by atoms with Crippen LogP contribution < -0.4 is 5.32 Å². The molecule has 1 saturated carbocycles. The third-order valence-electron chi connectivity index (χ3n) is 5.15. The van der Waals surface area contributed by atoms with Crippen molar-refractivity contribution >= 4 is 5.91 Å². The summed E-state index contributed by atoms with van der Waals surface area (Å²) >= 11 is 0. The van der Waals surface area contributed by atoms with Gasteiger partial charge in [-0.25, -0.2) is 0 Å². The van der Waals surface area contributed by atoms with Crippen molar-refractivity contribution in [3.05, 3.63) is 12.2 Å². The second kappa shape index (κ2) is 15.4. The molecule has 0 aromatic rings. The first-order valence-electron chi connectivity index (χ1n) is 10.8. The minimum absolute atomic E-state index is 0.0101. The summed E-state index contributed by atoms with van der Waals surface area (Å²) in [7, 11) is 0. The zero-order valence-electron chi connectivity index (χ0n) is 16.6. The van der Waals surface area contributed by atoms with E-state index in [9.17, 15) is 4.79 Å². The second-order valence-corrected chi connectivity index (χ2v) is 7.70. The van der Waals surface area contributed by atoms with Gasteiger partial charge in [0, 0.05) is 18.7 Å². The molecule has 3 nitrogen and oxygen atoms in total. The molecule has 0 unspecified atom stereocenters. The highest BCUT2D eigenvalue weighted by atomic mass is 16.5. The Morgan fingerprint density at radius 2 is 1.40 bits per heavy atom. The molecular formula is C22H41NO2. The van der Waals surface area contributed by atoms with Crippen molar-refractivity contribution in [2.24, 2.45) is 0 Å². The molecule has 0 aliphatic heterocycles.